The van der Waals surface area contributed by atoms with Gasteiger partial charge in [-0.2, -0.15) is 8.78 Å². The average molecular weight is 611 g/mol. The van der Waals surface area contributed by atoms with E-state index in [2.05, 4.69) is 4.72 Å². The molecule has 4 aromatic rings. The Morgan fingerprint density at radius 2 is 1.95 bits per heavy atom. The Balaban J connectivity index is 1.31. The van der Waals surface area contributed by atoms with E-state index in [9.17, 15) is 17.8 Å². The summed E-state index contributed by atoms with van der Waals surface area (Å²) in [5.41, 5.74) is 3.02. The number of fused-ring (bicyclic) bond motifs is 9. The molecule has 0 aliphatic carbocycles. The molecule has 1 fully saturated rings. The molecule has 1 amide bonds. The van der Waals surface area contributed by atoms with Crippen LogP contribution in [0.3, 0.4) is 0 Å². The molecule has 0 spiro atoms. The molecule has 3 atom stereocenters. The minimum atomic E-state index is -3.14. The Labute approximate surface area is 254 Å². The maximum absolute atomic E-state index is 13.7. The van der Waals surface area contributed by atoms with Gasteiger partial charge in [-0.15, -0.1) is 0 Å². The van der Waals surface area contributed by atoms with Crippen LogP contribution < -0.4 is 9.46 Å². The molecular formula is C31H31F2N5O4S. The van der Waals surface area contributed by atoms with Crippen molar-refractivity contribution in [1.29, 1.82) is 0 Å². The SMILES string of the molecule is [2H]C([2H])([2H])N1C(=O)c2cccc(OC(F)F)c2[C@H]2C[C@@H]1c1nc3ccc(-c4ccc(C5(NS(=O)C(C)(C)C)COC5)nc4)cc3n12. The molecule has 2 aromatic carbocycles. The van der Waals surface area contributed by atoms with Gasteiger partial charge in [-0.25, -0.2) is 13.9 Å². The van der Waals surface area contributed by atoms with Crippen molar-refractivity contribution >= 4 is 27.9 Å². The van der Waals surface area contributed by atoms with Gasteiger partial charge in [0.25, 0.3) is 5.91 Å². The standard InChI is InChI=1S/C31H31F2N5O4S/c1-30(2,3)43(40)36-31(15-41-16-31)25-11-9-18(14-34-25)17-8-10-20-21(12-17)38-22-13-23(27(38)35-20)37(4)28(39)19-6-5-7-24(26(19)22)42-29(32)33/h5-12,14,22-23,29,36H,13,15-16H2,1-4H3/t22-,23-,43?/m1/s1/i4D3. The number of hydrogen-bond acceptors (Lipinski definition) is 6. The minimum absolute atomic E-state index is 0.000113. The molecular weight excluding hydrogens is 576 g/mol. The van der Waals surface area contributed by atoms with Gasteiger partial charge in [0.05, 0.1) is 57.8 Å². The molecule has 0 saturated carbocycles. The summed E-state index contributed by atoms with van der Waals surface area (Å²) in [5, 5.41) is 0. The van der Waals surface area contributed by atoms with Crippen LogP contribution in [0, 0.1) is 0 Å². The lowest BCUT2D eigenvalue weighted by molar-refractivity contribution is -0.0681. The topological polar surface area (TPSA) is 98.6 Å². The van der Waals surface area contributed by atoms with Crippen LogP contribution in [0.25, 0.3) is 22.2 Å². The maximum Gasteiger partial charge on any atom is 0.387 e. The molecule has 5 heterocycles. The summed E-state index contributed by atoms with van der Waals surface area (Å²) >= 11 is 0. The van der Waals surface area contributed by atoms with Gasteiger partial charge in [0, 0.05) is 40.4 Å². The molecule has 224 valence electrons. The zero-order chi connectivity index (χ0) is 32.8. The maximum atomic E-state index is 13.7. The van der Waals surface area contributed by atoms with Crippen molar-refractivity contribution in [1.82, 2.24) is 24.2 Å². The lowest BCUT2D eigenvalue weighted by Gasteiger charge is -2.42. The predicted molar refractivity (Wildman–Crippen MR) is 157 cm³/mol. The summed E-state index contributed by atoms with van der Waals surface area (Å²) in [7, 11) is -1.33. The monoisotopic (exact) mass is 610 g/mol. The van der Waals surface area contributed by atoms with Crippen LogP contribution in [-0.4, -0.2) is 61.1 Å². The van der Waals surface area contributed by atoms with Crippen LogP contribution in [0.15, 0.2) is 54.7 Å². The highest BCUT2D eigenvalue weighted by atomic mass is 32.2. The van der Waals surface area contributed by atoms with Crippen LogP contribution in [0.4, 0.5) is 8.78 Å². The summed E-state index contributed by atoms with van der Waals surface area (Å²) < 4.78 is 79.4. The first kappa shape index (κ1) is 24.7. The van der Waals surface area contributed by atoms with E-state index < -0.39 is 52.8 Å². The third-order valence-electron chi connectivity index (χ3n) is 8.28. The third-order valence-corrected chi connectivity index (χ3v) is 9.97. The van der Waals surface area contributed by atoms with Crippen molar-refractivity contribution < 1.29 is 31.4 Å². The van der Waals surface area contributed by atoms with E-state index in [4.69, 9.17) is 23.6 Å². The number of nitrogens with zero attached hydrogens (tertiary/aromatic N) is 4. The molecule has 1 saturated heterocycles. The fourth-order valence-corrected chi connectivity index (χ4v) is 6.92. The Hall–Kier alpha value is -3.74. The van der Waals surface area contributed by atoms with Crippen molar-refractivity contribution in [2.75, 3.05) is 20.2 Å². The van der Waals surface area contributed by atoms with E-state index in [0.29, 0.717) is 35.8 Å². The lowest BCUT2D eigenvalue weighted by Crippen LogP contribution is -2.60. The molecule has 3 aliphatic rings. The number of amides is 1. The number of halogens is 2. The normalized spacial score (nSPS) is 22.7. The van der Waals surface area contributed by atoms with Crippen LogP contribution >= 0.6 is 0 Å². The van der Waals surface area contributed by atoms with Gasteiger partial charge in [0.15, 0.2) is 0 Å². The third kappa shape index (κ3) is 4.46. The van der Waals surface area contributed by atoms with E-state index in [1.54, 1.807) is 12.3 Å². The first-order chi connectivity index (χ1) is 21.7. The quantitative estimate of drug-likeness (QED) is 0.327. The molecule has 0 radical (unpaired) electrons. The van der Waals surface area contributed by atoms with Crippen LogP contribution in [0.5, 0.6) is 5.75 Å². The molecule has 1 unspecified atom stereocenters. The predicted octanol–water partition coefficient (Wildman–Crippen LogP) is 5.10. The molecule has 3 aliphatic heterocycles. The zero-order valence-corrected chi connectivity index (χ0v) is 24.5. The number of pyridine rings is 1. The van der Waals surface area contributed by atoms with Gasteiger partial charge in [0.1, 0.15) is 17.1 Å². The van der Waals surface area contributed by atoms with Gasteiger partial charge in [0.2, 0.25) is 0 Å². The highest BCUT2D eigenvalue weighted by Gasteiger charge is 2.46. The largest absolute Gasteiger partial charge is 0.434 e. The van der Waals surface area contributed by atoms with Crippen LogP contribution in [0.2, 0.25) is 0 Å². The molecule has 2 bridgehead atoms. The Kier molecular flexibility index (Phi) is 5.68. The number of aromatic nitrogens is 3. The minimum Gasteiger partial charge on any atom is -0.434 e. The number of ether oxygens (including phenoxy) is 2. The summed E-state index contributed by atoms with van der Waals surface area (Å²) in [6.45, 7) is 0.401. The summed E-state index contributed by atoms with van der Waals surface area (Å²) in [5.74, 6) is -0.613. The summed E-state index contributed by atoms with van der Waals surface area (Å²) in [6.07, 6.45) is 1.86. The molecule has 1 N–H and O–H groups in total. The number of rotatable bonds is 6. The molecule has 2 aromatic heterocycles. The summed E-state index contributed by atoms with van der Waals surface area (Å²) in [4.78, 5) is 23.9. The van der Waals surface area contributed by atoms with E-state index in [0.717, 1.165) is 16.0 Å². The van der Waals surface area contributed by atoms with Crippen LogP contribution in [0.1, 0.15) is 70.8 Å². The first-order valence-corrected chi connectivity index (χ1v) is 15.0. The fraction of sp³-hybridized carbons (Fsp3) is 0.387. The second-order valence-electron chi connectivity index (χ2n) is 12.1. The summed E-state index contributed by atoms with van der Waals surface area (Å²) in [6, 6.07) is 12.0. The highest BCUT2D eigenvalue weighted by Crippen LogP contribution is 2.50. The van der Waals surface area contributed by atoms with Crippen molar-refractivity contribution in [2.24, 2.45) is 0 Å². The average Bonchev–Trinajstić information content (AvgIpc) is 3.46. The first-order valence-electron chi connectivity index (χ1n) is 15.4. The fourth-order valence-electron chi connectivity index (χ4n) is 6.03. The lowest BCUT2D eigenvalue weighted by atomic mass is 9.93. The van der Waals surface area contributed by atoms with Crippen molar-refractivity contribution in [3.63, 3.8) is 0 Å². The number of nitrogens with one attached hydrogen (secondary N) is 1. The molecule has 43 heavy (non-hydrogen) atoms. The second-order valence-corrected chi connectivity index (χ2v) is 14.0. The van der Waals surface area contributed by atoms with E-state index in [1.165, 1.54) is 18.2 Å². The zero-order valence-electron chi connectivity index (χ0n) is 26.6. The smallest absolute Gasteiger partial charge is 0.387 e. The molecule has 9 nitrogen and oxygen atoms in total. The van der Waals surface area contributed by atoms with Crippen molar-refractivity contribution in [3.05, 3.63) is 77.4 Å². The van der Waals surface area contributed by atoms with Gasteiger partial charge in [-0.05, 0) is 56.7 Å². The number of carbonyl (C=O) groups excluding carboxylic acids is 1. The van der Waals surface area contributed by atoms with Gasteiger partial charge >= 0.3 is 6.61 Å². The van der Waals surface area contributed by atoms with E-state index >= 15 is 0 Å². The highest BCUT2D eigenvalue weighted by molar-refractivity contribution is 7.84. The van der Waals surface area contributed by atoms with Crippen LogP contribution in [-0.2, 0) is 21.3 Å². The number of imidazole rings is 1. The van der Waals surface area contributed by atoms with Gasteiger partial charge in [-0.3, -0.25) is 9.78 Å². The number of hydrogen-bond donors (Lipinski definition) is 1. The second kappa shape index (κ2) is 9.90. The number of benzene rings is 2. The van der Waals surface area contributed by atoms with E-state index in [1.807, 2.05) is 49.6 Å². The Morgan fingerprint density at radius 1 is 1.16 bits per heavy atom. The van der Waals surface area contributed by atoms with Gasteiger partial charge in [-0.1, -0.05) is 18.2 Å². The Bertz CT molecular complexity index is 1890. The number of carbonyl (C=O) groups is 1. The molecule has 12 heteroatoms. The van der Waals surface area contributed by atoms with E-state index in [-0.39, 0.29) is 23.3 Å². The van der Waals surface area contributed by atoms with Crippen molar-refractivity contribution in [3.8, 4) is 16.9 Å². The number of alkyl halides is 2. The molecule has 7 rings (SSSR count). The Morgan fingerprint density at radius 3 is 2.60 bits per heavy atom. The van der Waals surface area contributed by atoms with Crippen molar-refractivity contribution in [2.45, 2.75) is 56.2 Å². The van der Waals surface area contributed by atoms with Gasteiger partial charge < -0.3 is 18.9 Å².